The molecule has 78 valence electrons. The minimum atomic E-state index is 0.131. The van der Waals surface area contributed by atoms with E-state index in [0.717, 1.165) is 37.3 Å². The van der Waals surface area contributed by atoms with Gasteiger partial charge < -0.3 is 14.8 Å². The molecule has 2 N–H and O–H groups in total. The normalized spacial score (nSPS) is 18.7. The fourth-order valence-electron chi connectivity index (χ4n) is 2.02. The van der Waals surface area contributed by atoms with Crippen LogP contribution in [0.3, 0.4) is 0 Å². The molecule has 1 saturated heterocycles. The summed E-state index contributed by atoms with van der Waals surface area (Å²) in [4.78, 5) is 3.35. The highest BCUT2D eigenvalue weighted by Gasteiger charge is 2.18. The third kappa shape index (κ3) is 1.83. The van der Waals surface area contributed by atoms with Crippen LogP contribution < -0.4 is 0 Å². The van der Waals surface area contributed by atoms with Gasteiger partial charge in [0, 0.05) is 30.5 Å². The lowest BCUT2D eigenvalue weighted by molar-refractivity contribution is 0.0846. The van der Waals surface area contributed by atoms with Crippen molar-refractivity contribution in [1.29, 1.82) is 0 Å². The van der Waals surface area contributed by atoms with Gasteiger partial charge in [-0.05, 0) is 31.4 Å². The minimum absolute atomic E-state index is 0.131. The summed E-state index contributed by atoms with van der Waals surface area (Å²) in [6.07, 6.45) is 2.18. The Hall–Kier alpha value is -0.800. The first-order valence-electron chi connectivity index (χ1n) is 5.18. The second-order valence-electron chi connectivity index (χ2n) is 3.92. The second kappa shape index (κ2) is 4.15. The van der Waals surface area contributed by atoms with E-state index in [1.165, 1.54) is 5.69 Å². The maximum absolute atomic E-state index is 9.09. The molecule has 14 heavy (non-hydrogen) atoms. The molecular formula is C11H17NO2. The van der Waals surface area contributed by atoms with Crippen molar-refractivity contribution < 1.29 is 9.84 Å². The number of aromatic nitrogens is 1. The lowest BCUT2D eigenvalue weighted by Gasteiger charge is -2.20. The smallest absolute Gasteiger partial charge is 0.0699 e. The van der Waals surface area contributed by atoms with Crippen LogP contribution >= 0.6 is 0 Å². The van der Waals surface area contributed by atoms with Crippen LogP contribution in [0.1, 0.15) is 35.7 Å². The third-order valence-electron chi connectivity index (χ3n) is 2.97. The minimum Gasteiger partial charge on any atom is -0.392 e. The number of aromatic amines is 1. The summed E-state index contributed by atoms with van der Waals surface area (Å²) in [6, 6.07) is 2.09. The van der Waals surface area contributed by atoms with Crippen molar-refractivity contribution in [2.45, 2.75) is 32.3 Å². The summed E-state index contributed by atoms with van der Waals surface area (Å²) in [5.41, 5.74) is 3.37. The third-order valence-corrected chi connectivity index (χ3v) is 2.97. The molecule has 0 bridgehead atoms. The van der Waals surface area contributed by atoms with E-state index in [-0.39, 0.29) is 6.61 Å². The molecule has 0 aromatic carbocycles. The predicted molar refractivity (Wildman–Crippen MR) is 54.2 cm³/mol. The molecule has 0 saturated carbocycles. The fourth-order valence-corrected chi connectivity index (χ4v) is 2.02. The van der Waals surface area contributed by atoms with Gasteiger partial charge in [-0.1, -0.05) is 0 Å². The lowest BCUT2D eigenvalue weighted by atomic mass is 9.96. The molecule has 1 aromatic heterocycles. The average molecular weight is 195 g/mol. The SMILES string of the molecule is Cc1[nH]c(C2CCOCC2)cc1CO. The molecule has 1 aliphatic heterocycles. The number of H-pyrrole nitrogens is 1. The molecule has 0 aliphatic carbocycles. The molecule has 0 unspecified atom stereocenters. The number of rotatable bonds is 2. The monoisotopic (exact) mass is 195 g/mol. The van der Waals surface area contributed by atoms with Crippen molar-refractivity contribution >= 4 is 0 Å². The van der Waals surface area contributed by atoms with Gasteiger partial charge in [0.15, 0.2) is 0 Å². The summed E-state index contributed by atoms with van der Waals surface area (Å²) in [5.74, 6) is 0.586. The van der Waals surface area contributed by atoms with Crippen LogP contribution in [0.5, 0.6) is 0 Å². The maximum atomic E-state index is 9.09. The van der Waals surface area contributed by atoms with Crippen LogP contribution in [-0.2, 0) is 11.3 Å². The number of ether oxygens (including phenoxy) is 1. The molecule has 2 rings (SSSR count). The van der Waals surface area contributed by atoms with E-state index in [9.17, 15) is 0 Å². The van der Waals surface area contributed by atoms with Crippen LogP contribution in [0.4, 0.5) is 0 Å². The molecular weight excluding hydrogens is 178 g/mol. The predicted octanol–water partition coefficient (Wildman–Crippen LogP) is 1.71. The number of hydrogen-bond donors (Lipinski definition) is 2. The molecule has 0 radical (unpaired) electrons. The van der Waals surface area contributed by atoms with Crippen LogP contribution in [-0.4, -0.2) is 23.3 Å². The van der Waals surface area contributed by atoms with Gasteiger partial charge in [0.1, 0.15) is 0 Å². The molecule has 1 aliphatic rings. The average Bonchev–Trinajstić information content (AvgIpc) is 2.61. The van der Waals surface area contributed by atoms with Gasteiger partial charge >= 0.3 is 0 Å². The van der Waals surface area contributed by atoms with Crippen molar-refractivity contribution in [3.63, 3.8) is 0 Å². The first-order chi connectivity index (χ1) is 6.81. The van der Waals surface area contributed by atoms with Gasteiger partial charge in [-0.25, -0.2) is 0 Å². The Labute approximate surface area is 84.1 Å². The molecule has 2 heterocycles. The van der Waals surface area contributed by atoms with Gasteiger partial charge in [0.2, 0.25) is 0 Å². The summed E-state index contributed by atoms with van der Waals surface area (Å²) in [7, 11) is 0. The quantitative estimate of drug-likeness (QED) is 0.754. The first kappa shape index (κ1) is 9.74. The Morgan fingerprint density at radius 2 is 2.21 bits per heavy atom. The van der Waals surface area contributed by atoms with E-state index >= 15 is 0 Å². The molecule has 0 atom stereocenters. The number of aliphatic hydroxyl groups is 1. The van der Waals surface area contributed by atoms with E-state index < -0.39 is 0 Å². The van der Waals surface area contributed by atoms with Crippen LogP contribution in [0, 0.1) is 6.92 Å². The van der Waals surface area contributed by atoms with Crippen molar-refractivity contribution in [2.24, 2.45) is 0 Å². The topological polar surface area (TPSA) is 45.2 Å². The molecule has 1 aromatic rings. The number of aliphatic hydroxyl groups excluding tert-OH is 1. The largest absolute Gasteiger partial charge is 0.392 e. The summed E-state index contributed by atoms with van der Waals surface area (Å²) in [6.45, 7) is 3.86. The molecule has 0 amide bonds. The summed E-state index contributed by atoms with van der Waals surface area (Å²) in [5, 5.41) is 9.09. The second-order valence-corrected chi connectivity index (χ2v) is 3.92. The summed E-state index contributed by atoms with van der Waals surface area (Å²) >= 11 is 0. The lowest BCUT2D eigenvalue weighted by Crippen LogP contribution is -2.14. The van der Waals surface area contributed by atoms with Crippen molar-refractivity contribution in [3.05, 3.63) is 23.0 Å². The first-order valence-corrected chi connectivity index (χ1v) is 5.18. The van der Waals surface area contributed by atoms with Gasteiger partial charge in [-0.3, -0.25) is 0 Å². The maximum Gasteiger partial charge on any atom is 0.0699 e. The fraction of sp³-hybridized carbons (Fsp3) is 0.636. The Balaban J connectivity index is 2.14. The van der Waals surface area contributed by atoms with Crippen molar-refractivity contribution in [3.8, 4) is 0 Å². The zero-order valence-electron chi connectivity index (χ0n) is 8.55. The van der Waals surface area contributed by atoms with E-state index in [1.807, 2.05) is 6.92 Å². The molecule has 0 spiro atoms. The Morgan fingerprint density at radius 1 is 1.50 bits per heavy atom. The zero-order chi connectivity index (χ0) is 9.97. The van der Waals surface area contributed by atoms with E-state index in [4.69, 9.17) is 9.84 Å². The zero-order valence-corrected chi connectivity index (χ0v) is 8.55. The van der Waals surface area contributed by atoms with E-state index in [0.29, 0.717) is 5.92 Å². The Kier molecular flexibility index (Phi) is 2.89. The van der Waals surface area contributed by atoms with Crippen LogP contribution in [0.25, 0.3) is 0 Å². The van der Waals surface area contributed by atoms with Crippen LogP contribution in [0.15, 0.2) is 6.07 Å². The van der Waals surface area contributed by atoms with Gasteiger partial charge in [-0.2, -0.15) is 0 Å². The molecule has 1 fully saturated rings. The van der Waals surface area contributed by atoms with Crippen molar-refractivity contribution in [2.75, 3.05) is 13.2 Å². The Morgan fingerprint density at radius 3 is 2.79 bits per heavy atom. The number of aryl methyl sites for hydroxylation is 1. The number of hydrogen-bond acceptors (Lipinski definition) is 2. The number of nitrogens with one attached hydrogen (secondary N) is 1. The van der Waals surface area contributed by atoms with Gasteiger partial charge in [-0.15, -0.1) is 0 Å². The standard InChI is InChI=1S/C11H17NO2/c1-8-10(7-13)6-11(12-8)9-2-4-14-5-3-9/h6,9,12-13H,2-5,7H2,1H3. The highest BCUT2D eigenvalue weighted by molar-refractivity contribution is 5.26. The summed E-state index contributed by atoms with van der Waals surface area (Å²) < 4.78 is 5.32. The van der Waals surface area contributed by atoms with Crippen molar-refractivity contribution in [1.82, 2.24) is 4.98 Å². The van der Waals surface area contributed by atoms with E-state index in [1.54, 1.807) is 0 Å². The van der Waals surface area contributed by atoms with Gasteiger partial charge in [0.05, 0.1) is 6.61 Å². The van der Waals surface area contributed by atoms with Crippen LogP contribution in [0.2, 0.25) is 0 Å². The highest BCUT2D eigenvalue weighted by Crippen LogP contribution is 2.27. The molecule has 3 heteroatoms. The van der Waals surface area contributed by atoms with E-state index in [2.05, 4.69) is 11.1 Å². The Bertz CT molecular complexity index is 300. The highest BCUT2D eigenvalue weighted by atomic mass is 16.5. The van der Waals surface area contributed by atoms with Gasteiger partial charge in [0.25, 0.3) is 0 Å². The molecule has 3 nitrogen and oxygen atoms in total.